The van der Waals surface area contributed by atoms with Crippen molar-refractivity contribution >= 4 is 43.7 Å². The lowest BCUT2D eigenvalue weighted by Gasteiger charge is -2.24. The Kier molecular flexibility index (Phi) is 6.90. The lowest BCUT2D eigenvalue weighted by Crippen LogP contribution is -2.28. The highest BCUT2D eigenvalue weighted by Gasteiger charge is 2.25. The quantitative estimate of drug-likeness (QED) is 0.185. The summed E-state index contributed by atoms with van der Waals surface area (Å²) in [6, 6.07) is 13.8. The van der Waals surface area contributed by atoms with Gasteiger partial charge in [-0.3, -0.25) is 14.9 Å². The number of pyridine rings is 2. The number of benzene rings is 2. The molecule has 0 atom stereocenters. The third-order valence-electron chi connectivity index (χ3n) is 7.78. The second-order valence-corrected chi connectivity index (χ2v) is 12.8. The number of sulfonamides is 1. The van der Waals surface area contributed by atoms with Crippen molar-refractivity contribution in [2.45, 2.75) is 25.8 Å². The normalized spacial score (nSPS) is 13.8. The summed E-state index contributed by atoms with van der Waals surface area (Å²) in [7, 11) is -3.44. The highest BCUT2D eigenvalue weighted by Crippen LogP contribution is 2.34. The molecule has 1 aliphatic carbocycles. The molecule has 0 saturated heterocycles. The summed E-state index contributed by atoms with van der Waals surface area (Å²) >= 11 is 0. The molecule has 11 nitrogen and oxygen atoms in total. The molecule has 2 aromatic carbocycles. The fraction of sp³-hybridized carbons (Fsp3) is 0.194. The fourth-order valence-corrected chi connectivity index (χ4v) is 5.75. The Labute approximate surface area is 251 Å². The van der Waals surface area contributed by atoms with E-state index in [1.807, 2.05) is 30.3 Å². The Morgan fingerprint density at radius 2 is 1.89 bits per heavy atom. The molecule has 6 aromatic rings. The van der Waals surface area contributed by atoms with Crippen molar-refractivity contribution in [3.8, 4) is 33.8 Å². The maximum atomic E-state index is 14.6. The van der Waals surface area contributed by atoms with Crippen LogP contribution in [-0.2, 0) is 21.4 Å². The molecule has 0 bridgehead atoms. The van der Waals surface area contributed by atoms with Crippen LogP contribution in [0.4, 0.5) is 10.1 Å². The van der Waals surface area contributed by atoms with E-state index in [9.17, 15) is 17.6 Å². The number of fused-ring (bicyclic) bond motifs is 2. The van der Waals surface area contributed by atoms with E-state index >= 15 is 0 Å². The van der Waals surface area contributed by atoms with Crippen LogP contribution >= 0.6 is 0 Å². The molecule has 1 saturated carbocycles. The molecule has 1 aliphatic rings. The number of carbonyl (C=O) groups excluding carboxylic acids is 1. The van der Waals surface area contributed by atoms with Crippen LogP contribution in [0.3, 0.4) is 0 Å². The third-order valence-corrected chi connectivity index (χ3v) is 8.44. The SMILES string of the molecule is CS(=O)(=O)NCc1cc(F)cc(-c2cccc3[nH]c(-c4n[nH]c5ncc(-c6cncc(NC(=O)C7CCC7)c6)cc45)nc23)c1. The highest BCUT2D eigenvalue weighted by atomic mass is 32.2. The first-order valence-corrected chi connectivity index (χ1v) is 15.9. The molecular formula is C31H27FN8O3S. The van der Waals surface area contributed by atoms with E-state index in [1.54, 1.807) is 24.7 Å². The first kappa shape index (κ1) is 27.8. The number of para-hydroxylation sites is 1. The van der Waals surface area contributed by atoms with Crippen LogP contribution < -0.4 is 10.0 Å². The van der Waals surface area contributed by atoms with E-state index in [-0.39, 0.29) is 18.4 Å². The van der Waals surface area contributed by atoms with Crippen molar-refractivity contribution in [1.29, 1.82) is 0 Å². The van der Waals surface area contributed by atoms with Gasteiger partial charge in [-0.1, -0.05) is 18.6 Å². The molecular weight excluding hydrogens is 583 g/mol. The number of aromatic amines is 2. The molecule has 4 N–H and O–H groups in total. The number of nitrogens with zero attached hydrogens (tertiary/aromatic N) is 4. The summed E-state index contributed by atoms with van der Waals surface area (Å²) in [6.07, 6.45) is 9.03. The van der Waals surface area contributed by atoms with Gasteiger partial charge in [0, 0.05) is 41.5 Å². The number of amides is 1. The summed E-state index contributed by atoms with van der Waals surface area (Å²) < 4.78 is 40.1. The summed E-state index contributed by atoms with van der Waals surface area (Å²) in [5, 5.41) is 11.1. The molecule has 4 heterocycles. The third kappa shape index (κ3) is 5.54. The fourth-order valence-electron chi connectivity index (χ4n) is 5.32. The van der Waals surface area contributed by atoms with Gasteiger partial charge < -0.3 is 10.3 Å². The molecule has 1 fully saturated rings. The van der Waals surface area contributed by atoms with Gasteiger partial charge in [-0.05, 0) is 60.4 Å². The molecule has 0 spiro atoms. The van der Waals surface area contributed by atoms with Crippen molar-refractivity contribution in [3.05, 3.63) is 78.5 Å². The predicted octanol–water partition coefficient (Wildman–Crippen LogP) is 5.16. The van der Waals surface area contributed by atoms with Gasteiger partial charge in [0.2, 0.25) is 15.9 Å². The van der Waals surface area contributed by atoms with Crippen LogP contribution in [-0.4, -0.2) is 50.7 Å². The van der Waals surface area contributed by atoms with Crippen LogP contribution in [0.2, 0.25) is 0 Å². The predicted molar refractivity (Wildman–Crippen MR) is 165 cm³/mol. The number of rotatable bonds is 8. The molecule has 7 rings (SSSR count). The van der Waals surface area contributed by atoms with Gasteiger partial charge in [0.1, 0.15) is 11.5 Å². The van der Waals surface area contributed by atoms with Gasteiger partial charge in [0.15, 0.2) is 11.5 Å². The number of anilines is 1. The minimum atomic E-state index is -3.44. The van der Waals surface area contributed by atoms with Gasteiger partial charge >= 0.3 is 0 Å². The molecule has 4 aromatic heterocycles. The van der Waals surface area contributed by atoms with E-state index < -0.39 is 15.8 Å². The molecule has 0 unspecified atom stereocenters. The first-order chi connectivity index (χ1) is 21.2. The zero-order chi connectivity index (χ0) is 30.4. The van der Waals surface area contributed by atoms with Gasteiger partial charge in [-0.25, -0.2) is 27.5 Å². The number of halogens is 1. The maximum Gasteiger partial charge on any atom is 0.227 e. The molecule has 0 aliphatic heterocycles. The zero-order valence-corrected chi connectivity index (χ0v) is 24.4. The van der Waals surface area contributed by atoms with E-state index in [0.29, 0.717) is 45.1 Å². The number of carbonyl (C=O) groups is 1. The summed E-state index contributed by atoms with van der Waals surface area (Å²) in [6.45, 7) is -0.0364. The minimum absolute atomic E-state index is 0.0187. The van der Waals surface area contributed by atoms with Crippen molar-refractivity contribution in [2.24, 2.45) is 5.92 Å². The lowest BCUT2D eigenvalue weighted by atomic mass is 9.85. The van der Waals surface area contributed by atoms with E-state index in [4.69, 9.17) is 4.98 Å². The number of hydrogen-bond acceptors (Lipinski definition) is 7. The van der Waals surface area contributed by atoms with Crippen molar-refractivity contribution in [1.82, 2.24) is 34.9 Å². The molecule has 0 radical (unpaired) electrons. The molecule has 13 heteroatoms. The zero-order valence-electron chi connectivity index (χ0n) is 23.6. The average Bonchev–Trinajstić information content (AvgIpc) is 3.58. The van der Waals surface area contributed by atoms with Gasteiger partial charge in [-0.15, -0.1) is 0 Å². The Morgan fingerprint density at radius 1 is 1.05 bits per heavy atom. The van der Waals surface area contributed by atoms with Crippen LogP contribution in [0.1, 0.15) is 24.8 Å². The van der Waals surface area contributed by atoms with Crippen LogP contribution in [0, 0.1) is 11.7 Å². The standard InChI is InChI=1S/C31H27FN8O3S/c1-44(42,43)35-13-17-8-19(10-22(32)9-17)24-6-3-7-26-27(24)38-30(37-26)28-25-12-21(15-34-29(25)40-39-28)20-11-23(16-33-14-20)36-31(41)18-4-2-5-18/h3,6-12,14-16,18,35H,2,4-5,13H2,1H3,(H,36,41)(H,37,38)(H,34,39,40). The maximum absolute atomic E-state index is 14.6. The first-order valence-electron chi connectivity index (χ1n) is 14.0. The largest absolute Gasteiger partial charge is 0.337 e. The van der Waals surface area contributed by atoms with Crippen LogP contribution in [0.25, 0.3) is 55.8 Å². The van der Waals surface area contributed by atoms with E-state index in [1.165, 1.54) is 12.1 Å². The van der Waals surface area contributed by atoms with Gasteiger partial charge in [0.25, 0.3) is 0 Å². The Bertz CT molecular complexity index is 2170. The Morgan fingerprint density at radius 3 is 2.68 bits per heavy atom. The van der Waals surface area contributed by atoms with E-state index in [0.717, 1.165) is 47.5 Å². The van der Waals surface area contributed by atoms with Crippen molar-refractivity contribution in [2.75, 3.05) is 11.6 Å². The van der Waals surface area contributed by atoms with E-state index in [2.05, 4.69) is 35.2 Å². The summed E-state index contributed by atoms with van der Waals surface area (Å²) in [5.74, 6) is 0.0887. The monoisotopic (exact) mass is 610 g/mol. The average molecular weight is 611 g/mol. The van der Waals surface area contributed by atoms with Crippen molar-refractivity contribution in [3.63, 3.8) is 0 Å². The molecule has 222 valence electrons. The Hall–Kier alpha value is -5.01. The number of aromatic nitrogens is 6. The number of nitrogens with one attached hydrogen (secondary N) is 4. The number of imidazole rings is 1. The number of hydrogen-bond donors (Lipinski definition) is 4. The second kappa shape index (κ2) is 10.9. The van der Waals surface area contributed by atoms with Crippen LogP contribution in [0.15, 0.2) is 67.1 Å². The minimum Gasteiger partial charge on any atom is -0.337 e. The summed E-state index contributed by atoms with van der Waals surface area (Å²) in [4.78, 5) is 29.5. The Balaban J connectivity index is 1.23. The smallest absolute Gasteiger partial charge is 0.227 e. The highest BCUT2D eigenvalue weighted by molar-refractivity contribution is 7.88. The second-order valence-electron chi connectivity index (χ2n) is 11.0. The lowest BCUT2D eigenvalue weighted by molar-refractivity contribution is -0.122. The van der Waals surface area contributed by atoms with Gasteiger partial charge in [-0.2, -0.15) is 5.10 Å². The topological polar surface area (TPSA) is 158 Å². The van der Waals surface area contributed by atoms with Gasteiger partial charge in [0.05, 0.1) is 34.6 Å². The number of H-pyrrole nitrogens is 2. The summed E-state index contributed by atoms with van der Waals surface area (Å²) in [5.41, 5.74) is 6.38. The molecule has 1 amide bonds. The molecule has 44 heavy (non-hydrogen) atoms. The van der Waals surface area contributed by atoms with Crippen molar-refractivity contribution < 1.29 is 17.6 Å². The van der Waals surface area contributed by atoms with Crippen LogP contribution in [0.5, 0.6) is 0 Å².